The van der Waals surface area contributed by atoms with Gasteiger partial charge in [-0.2, -0.15) is 11.8 Å². The maximum absolute atomic E-state index is 13.1. The molecule has 12 nitrogen and oxygen atoms in total. The summed E-state index contributed by atoms with van der Waals surface area (Å²) in [6.45, 7) is 1.41. The second-order valence-electron chi connectivity index (χ2n) is 8.59. The van der Waals surface area contributed by atoms with Crippen molar-refractivity contribution >= 4 is 52.3 Å². The molecule has 0 saturated heterocycles. The highest BCUT2D eigenvalue weighted by Gasteiger charge is 2.30. The highest BCUT2D eigenvalue weighted by atomic mass is 32.2. The van der Waals surface area contributed by atoms with E-state index in [9.17, 15) is 29.1 Å². The number of aromatic amines is 1. The van der Waals surface area contributed by atoms with Gasteiger partial charge in [0, 0.05) is 29.9 Å². The van der Waals surface area contributed by atoms with Crippen molar-refractivity contribution in [3.63, 3.8) is 0 Å². The predicted octanol–water partition coefficient (Wildman–Crippen LogP) is 0.215. The molecule has 0 radical (unpaired) electrons. The quantitative estimate of drug-likeness (QED) is 0.166. The first-order chi connectivity index (χ1) is 17.5. The van der Waals surface area contributed by atoms with Crippen LogP contribution in [0.1, 0.15) is 31.7 Å². The van der Waals surface area contributed by atoms with Gasteiger partial charge in [-0.15, -0.1) is 0 Å². The van der Waals surface area contributed by atoms with Gasteiger partial charge in [0.05, 0.1) is 6.04 Å². The number of thioether (sulfide) groups is 1. The van der Waals surface area contributed by atoms with Crippen molar-refractivity contribution in [2.75, 3.05) is 12.0 Å². The van der Waals surface area contributed by atoms with E-state index in [1.807, 2.05) is 30.5 Å². The summed E-state index contributed by atoms with van der Waals surface area (Å²) >= 11 is 1.43. The zero-order chi connectivity index (χ0) is 27.5. The summed E-state index contributed by atoms with van der Waals surface area (Å²) in [6, 6.07) is 2.83. The number of carbonyl (C=O) groups is 5. The van der Waals surface area contributed by atoms with Gasteiger partial charge in [0.15, 0.2) is 0 Å². The van der Waals surface area contributed by atoms with Gasteiger partial charge in [0.25, 0.3) is 0 Å². The van der Waals surface area contributed by atoms with Gasteiger partial charge in [0.2, 0.25) is 17.7 Å². The van der Waals surface area contributed by atoms with Crippen LogP contribution in [0.25, 0.3) is 10.9 Å². The van der Waals surface area contributed by atoms with Crippen LogP contribution in [-0.4, -0.2) is 81.0 Å². The molecule has 0 saturated carbocycles. The van der Waals surface area contributed by atoms with E-state index in [0.29, 0.717) is 11.3 Å². The van der Waals surface area contributed by atoms with Gasteiger partial charge in [-0.25, -0.2) is 4.79 Å². The van der Waals surface area contributed by atoms with Crippen LogP contribution in [0.3, 0.4) is 0 Å². The summed E-state index contributed by atoms with van der Waals surface area (Å²) in [5, 5.41) is 27.0. The molecule has 0 fully saturated rings. The number of rotatable bonds is 15. The molecule has 3 amide bonds. The summed E-state index contributed by atoms with van der Waals surface area (Å²) in [7, 11) is 0. The molecular weight excluding hydrogens is 502 g/mol. The van der Waals surface area contributed by atoms with Crippen molar-refractivity contribution in [3.8, 4) is 0 Å². The zero-order valence-electron chi connectivity index (χ0n) is 20.7. The third kappa shape index (κ3) is 9.10. The minimum Gasteiger partial charge on any atom is -0.481 e. The van der Waals surface area contributed by atoms with E-state index < -0.39 is 60.2 Å². The molecule has 0 aliphatic carbocycles. The third-order valence-corrected chi connectivity index (χ3v) is 6.29. The van der Waals surface area contributed by atoms with Gasteiger partial charge in [-0.05, 0) is 43.4 Å². The molecule has 13 heteroatoms. The number of amides is 3. The van der Waals surface area contributed by atoms with Gasteiger partial charge in [-0.3, -0.25) is 19.2 Å². The Morgan fingerprint density at radius 2 is 1.54 bits per heavy atom. The Morgan fingerprint density at radius 3 is 2.14 bits per heavy atom. The number of fused-ring (bicyclic) bond motifs is 1. The van der Waals surface area contributed by atoms with E-state index in [0.717, 1.165) is 10.9 Å². The maximum atomic E-state index is 13.1. The third-order valence-electron chi connectivity index (χ3n) is 5.65. The Labute approximate surface area is 218 Å². The van der Waals surface area contributed by atoms with Crippen LogP contribution < -0.4 is 21.7 Å². The van der Waals surface area contributed by atoms with Crippen LogP contribution in [0.5, 0.6) is 0 Å². The number of H-pyrrole nitrogens is 1. The number of benzene rings is 1. The largest absolute Gasteiger partial charge is 0.481 e. The van der Waals surface area contributed by atoms with Gasteiger partial charge < -0.3 is 36.9 Å². The number of hydrogen-bond acceptors (Lipinski definition) is 7. The minimum absolute atomic E-state index is 0.0139. The molecule has 37 heavy (non-hydrogen) atoms. The van der Waals surface area contributed by atoms with Crippen LogP contribution in [0.2, 0.25) is 0 Å². The molecule has 0 bridgehead atoms. The first-order valence-electron chi connectivity index (χ1n) is 11.7. The van der Waals surface area contributed by atoms with Crippen LogP contribution in [-0.2, 0) is 30.4 Å². The average molecular weight is 536 g/mol. The Morgan fingerprint density at radius 1 is 0.946 bits per heavy atom. The SMILES string of the molecule is CSCCC(NC(=O)C(CCC(=O)O)NC(=O)C(C)N)C(=O)NC(Cc1c[nH]c2ccccc12)C(=O)O. The monoisotopic (exact) mass is 535 g/mol. The van der Waals surface area contributed by atoms with Crippen LogP contribution in [0.15, 0.2) is 30.5 Å². The maximum Gasteiger partial charge on any atom is 0.326 e. The van der Waals surface area contributed by atoms with Gasteiger partial charge in [0.1, 0.15) is 18.1 Å². The number of carboxylic acids is 2. The van der Waals surface area contributed by atoms with E-state index >= 15 is 0 Å². The molecule has 8 N–H and O–H groups in total. The average Bonchev–Trinajstić information content (AvgIpc) is 3.25. The Hall–Kier alpha value is -3.58. The van der Waals surface area contributed by atoms with Crippen molar-refractivity contribution in [2.45, 2.75) is 56.8 Å². The number of nitrogens with two attached hydrogens (primary N) is 1. The van der Waals surface area contributed by atoms with Crippen LogP contribution in [0, 0.1) is 0 Å². The first kappa shape index (κ1) is 29.6. The molecule has 2 aromatic rings. The smallest absolute Gasteiger partial charge is 0.326 e. The van der Waals surface area contributed by atoms with Crippen molar-refractivity contribution in [3.05, 3.63) is 36.0 Å². The fraction of sp³-hybridized carbons (Fsp3) is 0.458. The van der Waals surface area contributed by atoms with E-state index in [4.69, 9.17) is 10.8 Å². The fourth-order valence-electron chi connectivity index (χ4n) is 3.61. The number of carbonyl (C=O) groups excluding carboxylic acids is 3. The number of hydrogen-bond donors (Lipinski definition) is 7. The molecular formula is C24H33N5O7S. The highest BCUT2D eigenvalue weighted by molar-refractivity contribution is 7.98. The second kappa shape index (κ2) is 14.2. The normalized spacial score (nSPS) is 14.2. The van der Waals surface area contributed by atoms with E-state index in [2.05, 4.69) is 20.9 Å². The van der Waals surface area contributed by atoms with Gasteiger partial charge >= 0.3 is 11.9 Å². The molecule has 0 aliphatic rings. The molecule has 0 aliphatic heterocycles. The minimum atomic E-state index is -1.26. The number of nitrogens with one attached hydrogen (secondary N) is 4. The number of carboxylic acid groups (broad SMARTS) is 2. The second-order valence-corrected chi connectivity index (χ2v) is 9.57. The molecule has 0 spiro atoms. The lowest BCUT2D eigenvalue weighted by Crippen LogP contribution is -2.57. The van der Waals surface area contributed by atoms with Gasteiger partial charge in [-0.1, -0.05) is 18.2 Å². The number of aliphatic carboxylic acids is 2. The lowest BCUT2D eigenvalue weighted by atomic mass is 10.0. The van der Waals surface area contributed by atoms with E-state index in [-0.39, 0.29) is 19.3 Å². The van der Waals surface area contributed by atoms with Crippen LogP contribution >= 0.6 is 11.8 Å². The molecule has 1 aromatic carbocycles. The first-order valence-corrected chi connectivity index (χ1v) is 13.1. The molecule has 202 valence electrons. The fourth-order valence-corrected chi connectivity index (χ4v) is 4.08. The zero-order valence-corrected chi connectivity index (χ0v) is 21.5. The molecule has 2 rings (SSSR count). The topological polar surface area (TPSA) is 204 Å². The number of aromatic nitrogens is 1. The molecule has 4 atom stereocenters. The Balaban J connectivity index is 2.17. The van der Waals surface area contributed by atoms with Crippen molar-refractivity contribution in [1.82, 2.24) is 20.9 Å². The molecule has 1 heterocycles. The Bertz CT molecular complexity index is 1120. The summed E-state index contributed by atoms with van der Waals surface area (Å²) in [5.41, 5.74) is 7.09. The Kier molecular flexibility index (Phi) is 11.4. The lowest BCUT2D eigenvalue weighted by Gasteiger charge is -2.24. The van der Waals surface area contributed by atoms with Crippen molar-refractivity contribution in [1.29, 1.82) is 0 Å². The lowest BCUT2D eigenvalue weighted by molar-refractivity contribution is -0.142. The number of para-hydroxylation sites is 1. The summed E-state index contributed by atoms with van der Waals surface area (Å²) < 4.78 is 0. The molecule has 1 aromatic heterocycles. The predicted molar refractivity (Wildman–Crippen MR) is 139 cm³/mol. The molecule has 4 unspecified atom stereocenters. The van der Waals surface area contributed by atoms with Crippen LogP contribution in [0.4, 0.5) is 0 Å². The van der Waals surface area contributed by atoms with Crippen molar-refractivity contribution in [2.24, 2.45) is 5.73 Å². The van der Waals surface area contributed by atoms with E-state index in [1.165, 1.54) is 18.7 Å². The summed E-state index contributed by atoms with van der Waals surface area (Å²) in [6.07, 6.45) is 3.09. The summed E-state index contributed by atoms with van der Waals surface area (Å²) in [5.74, 6) is -4.04. The summed E-state index contributed by atoms with van der Waals surface area (Å²) in [4.78, 5) is 64.2. The van der Waals surface area contributed by atoms with E-state index in [1.54, 1.807) is 6.20 Å². The van der Waals surface area contributed by atoms with Crippen molar-refractivity contribution < 1.29 is 34.2 Å². The standard InChI is InChI=1S/C24H33N5O7S/c1-13(25)21(32)27-17(7-8-20(30)31)22(33)28-18(9-10-37-2)23(34)29-19(24(35)36)11-14-12-26-16-6-4-3-5-15(14)16/h3-6,12-13,17-19,26H,7-11,25H2,1-2H3,(H,27,32)(H,28,33)(H,29,34)(H,30,31)(H,35,36). The highest BCUT2D eigenvalue weighted by Crippen LogP contribution is 2.19.